The van der Waals surface area contributed by atoms with Gasteiger partial charge in [-0.2, -0.15) is 0 Å². The Morgan fingerprint density at radius 3 is 2.46 bits per heavy atom. The smallest absolute Gasteiger partial charge is 0.205 e. The molecule has 2 heterocycles. The summed E-state index contributed by atoms with van der Waals surface area (Å²) in [5.41, 5.74) is 4.53. The first-order valence-electron chi connectivity index (χ1n) is 12.7. The molecule has 2 aromatic carbocycles. The van der Waals surface area contributed by atoms with Crippen molar-refractivity contribution in [3.8, 4) is 11.5 Å². The standard InChI is InChI=1S/C28H40N2O5/c1-27(2)33-19-24-20(9-8-13-25(24)34-27)16-30-23(12-5-6-14-31)17-29-15-21-10-7-11-22-18-32-28(3,4)35-26(21)22/h7-11,13,23,29-31H,5-6,12,14-19H2,1-4H3. The predicted octanol–water partition coefficient (Wildman–Crippen LogP) is 4.39. The SMILES string of the molecule is CC1(C)OCc2c(CNC(CCCCO)CNCc3cccc4c3OC(C)(C)OC4)cccc2O1. The number of hydrogen-bond donors (Lipinski definition) is 3. The number of para-hydroxylation sites is 1. The molecule has 0 saturated heterocycles. The lowest BCUT2D eigenvalue weighted by Crippen LogP contribution is -2.39. The van der Waals surface area contributed by atoms with Gasteiger partial charge in [-0.05, 0) is 30.9 Å². The van der Waals surface area contributed by atoms with Crippen LogP contribution in [0.3, 0.4) is 0 Å². The van der Waals surface area contributed by atoms with E-state index in [1.165, 1.54) is 5.56 Å². The van der Waals surface area contributed by atoms with Crippen molar-refractivity contribution in [1.82, 2.24) is 10.6 Å². The van der Waals surface area contributed by atoms with E-state index in [-0.39, 0.29) is 12.6 Å². The second-order valence-corrected chi connectivity index (χ2v) is 10.3. The van der Waals surface area contributed by atoms with Crippen molar-refractivity contribution in [2.45, 2.75) is 90.9 Å². The summed E-state index contributed by atoms with van der Waals surface area (Å²) in [5.74, 6) is 0.614. The van der Waals surface area contributed by atoms with E-state index in [2.05, 4.69) is 34.9 Å². The molecule has 0 saturated carbocycles. The Kier molecular flexibility index (Phi) is 8.34. The lowest BCUT2D eigenvalue weighted by Gasteiger charge is -2.34. The summed E-state index contributed by atoms with van der Waals surface area (Å²) < 4.78 is 23.8. The van der Waals surface area contributed by atoms with Crippen LogP contribution in [0.25, 0.3) is 0 Å². The molecule has 0 spiro atoms. The quantitative estimate of drug-likeness (QED) is 0.408. The first-order valence-corrected chi connectivity index (χ1v) is 12.7. The monoisotopic (exact) mass is 484 g/mol. The summed E-state index contributed by atoms with van der Waals surface area (Å²) in [6, 6.07) is 12.7. The molecule has 35 heavy (non-hydrogen) atoms. The van der Waals surface area contributed by atoms with Gasteiger partial charge in [0.25, 0.3) is 0 Å². The second-order valence-electron chi connectivity index (χ2n) is 10.3. The van der Waals surface area contributed by atoms with E-state index in [0.29, 0.717) is 13.2 Å². The molecule has 1 unspecified atom stereocenters. The van der Waals surface area contributed by atoms with Gasteiger partial charge in [0.05, 0.1) is 13.2 Å². The van der Waals surface area contributed by atoms with Crippen LogP contribution in [-0.2, 0) is 35.8 Å². The normalized spacial score (nSPS) is 18.7. The molecule has 4 rings (SSSR count). The minimum atomic E-state index is -0.616. The van der Waals surface area contributed by atoms with Gasteiger partial charge in [0.1, 0.15) is 11.5 Å². The van der Waals surface area contributed by atoms with Crippen LogP contribution in [0, 0.1) is 0 Å². The highest BCUT2D eigenvalue weighted by atomic mass is 16.7. The van der Waals surface area contributed by atoms with Crippen molar-refractivity contribution >= 4 is 0 Å². The molecular weight excluding hydrogens is 444 g/mol. The van der Waals surface area contributed by atoms with Gasteiger partial charge in [-0.25, -0.2) is 0 Å². The van der Waals surface area contributed by atoms with Crippen LogP contribution < -0.4 is 20.1 Å². The van der Waals surface area contributed by atoms with Crippen molar-refractivity contribution in [2.24, 2.45) is 0 Å². The second kappa shape index (κ2) is 11.3. The summed E-state index contributed by atoms with van der Waals surface area (Å²) in [4.78, 5) is 0. The number of fused-ring (bicyclic) bond motifs is 2. The van der Waals surface area contributed by atoms with Crippen molar-refractivity contribution in [1.29, 1.82) is 0 Å². The third-order valence-electron chi connectivity index (χ3n) is 6.50. The van der Waals surface area contributed by atoms with Crippen molar-refractivity contribution < 1.29 is 24.1 Å². The topological polar surface area (TPSA) is 81.2 Å². The number of unbranched alkanes of at least 4 members (excludes halogenated alkanes) is 1. The maximum Gasteiger partial charge on any atom is 0.205 e. The van der Waals surface area contributed by atoms with Gasteiger partial charge in [0, 0.05) is 76.7 Å². The maximum atomic E-state index is 9.25. The Morgan fingerprint density at radius 1 is 0.886 bits per heavy atom. The van der Waals surface area contributed by atoms with E-state index in [0.717, 1.165) is 67.1 Å². The molecule has 192 valence electrons. The van der Waals surface area contributed by atoms with Crippen LogP contribution in [0.5, 0.6) is 11.5 Å². The lowest BCUT2D eigenvalue weighted by molar-refractivity contribution is -0.180. The molecule has 0 aliphatic carbocycles. The Morgan fingerprint density at radius 2 is 1.63 bits per heavy atom. The molecule has 7 heteroatoms. The van der Waals surface area contributed by atoms with Gasteiger partial charge in [0.15, 0.2) is 0 Å². The summed E-state index contributed by atoms with van der Waals surface area (Å²) in [7, 11) is 0. The van der Waals surface area contributed by atoms with E-state index >= 15 is 0 Å². The van der Waals surface area contributed by atoms with E-state index in [4.69, 9.17) is 18.9 Å². The minimum absolute atomic E-state index is 0.224. The Labute approximate surface area is 209 Å². The summed E-state index contributed by atoms with van der Waals surface area (Å²) in [5, 5.41) is 16.6. The molecule has 2 aliphatic heterocycles. The van der Waals surface area contributed by atoms with Crippen LogP contribution >= 0.6 is 0 Å². The molecule has 0 radical (unpaired) electrons. The number of rotatable bonds is 11. The van der Waals surface area contributed by atoms with Gasteiger partial charge in [-0.1, -0.05) is 30.3 Å². The average Bonchev–Trinajstić information content (AvgIpc) is 2.81. The van der Waals surface area contributed by atoms with Crippen LogP contribution in [0.15, 0.2) is 36.4 Å². The molecule has 7 nitrogen and oxygen atoms in total. The zero-order chi connectivity index (χ0) is 24.9. The van der Waals surface area contributed by atoms with Crippen LogP contribution in [-0.4, -0.2) is 35.9 Å². The molecule has 2 aliphatic rings. The molecule has 3 N–H and O–H groups in total. The number of aliphatic hydroxyl groups excluding tert-OH is 1. The largest absolute Gasteiger partial charge is 0.463 e. The van der Waals surface area contributed by atoms with Gasteiger partial charge in [-0.15, -0.1) is 0 Å². The van der Waals surface area contributed by atoms with E-state index in [9.17, 15) is 5.11 Å². The van der Waals surface area contributed by atoms with E-state index < -0.39 is 11.6 Å². The highest BCUT2D eigenvalue weighted by Gasteiger charge is 2.30. The van der Waals surface area contributed by atoms with Crippen LogP contribution in [0.4, 0.5) is 0 Å². The van der Waals surface area contributed by atoms with Crippen LogP contribution in [0.2, 0.25) is 0 Å². The number of nitrogens with one attached hydrogen (secondary N) is 2. The molecule has 0 bridgehead atoms. The Balaban J connectivity index is 1.37. The van der Waals surface area contributed by atoms with Crippen molar-refractivity contribution in [3.63, 3.8) is 0 Å². The molecule has 0 aromatic heterocycles. The molecule has 0 amide bonds. The number of aliphatic hydroxyl groups is 1. The Bertz CT molecular complexity index is 991. The number of ether oxygens (including phenoxy) is 4. The van der Waals surface area contributed by atoms with Gasteiger partial charge in [-0.3, -0.25) is 0 Å². The first-order chi connectivity index (χ1) is 16.8. The van der Waals surface area contributed by atoms with E-state index in [1.54, 1.807) is 0 Å². The molecule has 1 atom stereocenters. The minimum Gasteiger partial charge on any atom is -0.463 e. The fraction of sp³-hybridized carbons (Fsp3) is 0.571. The zero-order valence-electron chi connectivity index (χ0n) is 21.5. The number of benzene rings is 2. The Hall–Kier alpha value is -2.16. The third kappa shape index (κ3) is 6.96. The predicted molar refractivity (Wildman–Crippen MR) is 135 cm³/mol. The maximum absolute atomic E-state index is 9.25. The summed E-state index contributed by atoms with van der Waals surface area (Å²) in [6.07, 6.45) is 2.76. The zero-order valence-corrected chi connectivity index (χ0v) is 21.5. The van der Waals surface area contributed by atoms with Gasteiger partial charge < -0.3 is 34.7 Å². The van der Waals surface area contributed by atoms with Crippen LogP contribution in [0.1, 0.15) is 69.2 Å². The summed E-state index contributed by atoms with van der Waals surface area (Å²) in [6.45, 7) is 11.4. The van der Waals surface area contributed by atoms with E-state index in [1.807, 2.05) is 39.8 Å². The highest BCUT2D eigenvalue weighted by Crippen LogP contribution is 2.35. The lowest BCUT2D eigenvalue weighted by atomic mass is 10.0. The molecular formula is C28H40N2O5. The molecule has 2 aromatic rings. The summed E-state index contributed by atoms with van der Waals surface area (Å²) >= 11 is 0. The number of hydrogen-bond acceptors (Lipinski definition) is 7. The highest BCUT2D eigenvalue weighted by molar-refractivity contribution is 5.43. The first kappa shape index (κ1) is 25.9. The molecule has 0 fully saturated rings. The fourth-order valence-corrected chi connectivity index (χ4v) is 4.54. The third-order valence-corrected chi connectivity index (χ3v) is 6.50. The average molecular weight is 485 g/mol. The fourth-order valence-electron chi connectivity index (χ4n) is 4.54. The van der Waals surface area contributed by atoms with Crippen molar-refractivity contribution in [3.05, 3.63) is 58.7 Å². The van der Waals surface area contributed by atoms with Gasteiger partial charge in [0.2, 0.25) is 11.6 Å². The van der Waals surface area contributed by atoms with Crippen molar-refractivity contribution in [2.75, 3.05) is 13.2 Å². The van der Waals surface area contributed by atoms with Gasteiger partial charge >= 0.3 is 0 Å².